The monoisotopic (exact) mass is 390 g/mol. The van der Waals surface area contributed by atoms with Crippen molar-refractivity contribution >= 4 is 5.57 Å². The van der Waals surface area contributed by atoms with E-state index in [2.05, 4.69) is 99.5 Å². The number of aryl methyl sites for hydroxylation is 1. The Labute approximate surface area is 176 Å². The Morgan fingerprint density at radius 2 is 1.72 bits per heavy atom. The van der Waals surface area contributed by atoms with Gasteiger partial charge in [0, 0.05) is 18.7 Å². The smallest absolute Gasteiger partial charge is 0.127 e. The summed E-state index contributed by atoms with van der Waals surface area (Å²) < 4.78 is 6.33. The lowest BCUT2D eigenvalue weighted by Crippen LogP contribution is -2.20. The van der Waals surface area contributed by atoms with Gasteiger partial charge < -0.3 is 14.5 Å². The number of nitrogens with zero attached hydrogens (tertiary/aromatic N) is 2. The second kappa shape index (κ2) is 9.91. The van der Waals surface area contributed by atoms with Gasteiger partial charge in [-0.3, -0.25) is 0 Å². The molecule has 0 N–H and O–H groups in total. The van der Waals surface area contributed by atoms with E-state index in [1.54, 1.807) is 0 Å². The first-order chi connectivity index (χ1) is 14.0. The second-order valence-corrected chi connectivity index (χ2v) is 8.37. The van der Waals surface area contributed by atoms with Gasteiger partial charge in [0.2, 0.25) is 0 Å². The summed E-state index contributed by atoms with van der Waals surface area (Å²) in [5.74, 6) is 0.977. The maximum Gasteiger partial charge on any atom is 0.127 e. The van der Waals surface area contributed by atoms with Gasteiger partial charge in [-0.05, 0) is 81.9 Å². The molecule has 0 bridgehead atoms. The molecular formula is C26H34N2O. The van der Waals surface area contributed by atoms with Crippen LogP contribution in [0.25, 0.3) is 16.7 Å². The van der Waals surface area contributed by atoms with Crippen LogP contribution in [0, 0.1) is 6.92 Å². The van der Waals surface area contributed by atoms with Gasteiger partial charge in [-0.1, -0.05) is 48.6 Å². The number of hydrogen-bond donors (Lipinski definition) is 0. The molecule has 0 saturated heterocycles. The number of rotatable bonds is 8. The minimum absolute atomic E-state index is 0.678. The second-order valence-electron chi connectivity index (χ2n) is 8.37. The predicted octanol–water partition coefficient (Wildman–Crippen LogP) is 5.27. The van der Waals surface area contributed by atoms with Crippen LogP contribution >= 0.6 is 0 Å². The maximum atomic E-state index is 6.33. The summed E-state index contributed by atoms with van der Waals surface area (Å²) in [4.78, 5) is 4.41. The Kier molecular flexibility index (Phi) is 7.29. The fourth-order valence-corrected chi connectivity index (χ4v) is 3.80. The average molecular weight is 391 g/mol. The van der Waals surface area contributed by atoms with Gasteiger partial charge in [0.05, 0.1) is 0 Å². The number of benzene rings is 2. The topological polar surface area (TPSA) is 15.7 Å². The molecule has 0 heterocycles. The van der Waals surface area contributed by atoms with Gasteiger partial charge in [0.25, 0.3) is 0 Å². The highest BCUT2D eigenvalue weighted by Crippen LogP contribution is 2.37. The van der Waals surface area contributed by atoms with Gasteiger partial charge in [0.15, 0.2) is 0 Å². The molecule has 0 spiro atoms. The van der Waals surface area contributed by atoms with Gasteiger partial charge in [-0.25, -0.2) is 0 Å². The zero-order valence-electron chi connectivity index (χ0n) is 18.5. The molecule has 29 heavy (non-hydrogen) atoms. The lowest BCUT2D eigenvalue weighted by molar-refractivity contribution is 0.261. The molecule has 2 aromatic carbocycles. The SMILES string of the molecule is Cc1ccccc1-c1ccc(C2=C(CN(C)C)CCC=C2)c(OCCN(C)C)c1. The van der Waals surface area contributed by atoms with E-state index >= 15 is 0 Å². The lowest BCUT2D eigenvalue weighted by atomic mass is 9.90. The number of allylic oxidation sites excluding steroid dienone is 3. The van der Waals surface area contributed by atoms with E-state index in [1.807, 2.05) is 0 Å². The lowest BCUT2D eigenvalue weighted by Gasteiger charge is -2.22. The summed E-state index contributed by atoms with van der Waals surface area (Å²) in [6.45, 7) is 4.72. The van der Waals surface area contributed by atoms with E-state index in [9.17, 15) is 0 Å². The summed E-state index contributed by atoms with van der Waals surface area (Å²) >= 11 is 0. The third-order valence-electron chi connectivity index (χ3n) is 5.31. The van der Waals surface area contributed by atoms with Crippen molar-refractivity contribution in [1.29, 1.82) is 0 Å². The summed E-state index contributed by atoms with van der Waals surface area (Å²) in [6.07, 6.45) is 6.79. The molecule has 0 amide bonds. The van der Waals surface area contributed by atoms with E-state index < -0.39 is 0 Å². The minimum Gasteiger partial charge on any atom is -0.492 e. The van der Waals surface area contributed by atoms with Crippen molar-refractivity contribution in [2.45, 2.75) is 19.8 Å². The molecule has 0 unspecified atom stereocenters. The zero-order chi connectivity index (χ0) is 20.8. The largest absolute Gasteiger partial charge is 0.492 e. The van der Waals surface area contributed by atoms with Crippen molar-refractivity contribution in [3.05, 3.63) is 71.3 Å². The van der Waals surface area contributed by atoms with Crippen molar-refractivity contribution in [3.63, 3.8) is 0 Å². The third-order valence-corrected chi connectivity index (χ3v) is 5.31. The molecule has 0 atom stereocenters. The standard InChI is InChI=1S/C26H34N2O/c1-20-10-6-8-12-23(20)21-14-15-25(26(18-21)29-17-16-27(2)3)24-13-9-7-11-22(24)19-28(4)5/h6,8-10,12-15,18H,7,11,16-17,19H2,1-5H3. The Balaban J connectivity index is 2.04. The molecular weight excluding hydrogens is 356 g/mol. The van der Waals surface area contributed by atoms with Gasteiger partial charge in [0.1, 0.15) is 12.4 Å². The van der Waals surface area contributed by atoms with E-state index in [1.165, 1.54) is 33.4 Å². The van der Waals surface area contributed by atoms with Crippen LogP contribution in [0.2, 0.25) is 0 Å². The first-order valence-electron chi connectivity index (χ1n) is 10.5. The van der Waals surface area contributed by atoms with E-state index in [0.717, 1.165) is 31.7 Å². The van der Waals surface area contributed by atoms with Crippen LogP contribution in [-0.2, 0) is 0 Å². The van der Waals surface area contributed by atoms with E-state index in [-0.39, 0.29) is 0 Å². The first-order valence-corrected chi connectivity index (χ1v) is 10.5. The van der Waals surface area contributed by atoms with Gasteiger partial charge in [-0.15, -0.1) is 0 Å². The highest BCUT2D eigenvalue weighted by atomic mass is 16.5. The molecule has 2 aromatic rings. The van der Waals surface area contributed by atoms with Crippen molar-refractivity contribution in [2.75, 3.05) is 47.9 Å². The van der Waals surface area contributed by atoms with Crippen LogP contribution in [-0.4, -0.2) is 57.7 Å². The van der Waals surface area contributed by atoms with Crippen LogP contribution < -0.4 is 4.74 Å². The van der Waals surface area contributed by atoms with Crippen molar-refractivity contribution in [2.24, 2.45) is 0 Å². The molecule has 3 rings (SSSR count). The third kappa shape index (κ3) is 5.59. The summed E-state index contributed by atoms with van der Waals surface area (Å²) in [6, 6.07) is 15.2. The van der Waals surface area contributed by atoms with Crippen molar-refractivity contribution in [3.8, 4) is 16.9 Å². The number of hydrogen-bond acceptors (Lipinski definition) is 3. The average Bonchev–Trinajstić information content (AvgIpc) is 2.68. The van der Waals surface area contributed by atoms with Gasteiger partial charge in [-0.2, -0.15) is 0 Å². The molecule has 0 saturated carbocycles. The summed E-state index contributed by atoms with van der Waals surface area (Å²) in [7, 11) is 8.43. The van der Waals surface area contributed by atoms with Crippen LogP contribution in [0.15, 0.2) is 60.2 Å². The highest BCUT2D eigenvalue weighted by molar-refractivity contribution is 5.83. The molecule has 3 heteroatoms. The zero-order valence-corrected chi connectivity index (χ0v) is 18.5. The Morgan fingerprint density at radius 1 is 0.931 bits per heavy atom. The maximum absolute atomic E-state index is 6.33. The molecule has 1 aliphatic carbocycles. The molecule has 0 radical (unpaired) electrons. The number of ether oxygens (including phenoxy) is 1. The quantitative estimate of drug-likeness (QED) is 0.611. The predicted molar refractivity (Wildman–Crippen MR) is 125 cm³/mol. The van der Waals surface area contributed by atoms with E-state index in [0.29, 0.717) is 6.61 Å². The normalized spacial score (nSPS) is 14.2. The molecule has 0 aliphatic heterocycles. The van der Waals surface area contributed by atoms with E-state index in [4.69, 9.17) is 4.74 Å². The van der Waals surface area contributed by atoms with Crippen molar-refractivity contribution in [1.82, 2.24) is 9.80 Å². The summed E-state index contributed by atoms with van der Waals surface area (Å²) in [5.41, 5.74) is 7.76. The summed E-state index contributed by atoms with van der Waals surface area (Å²) in [5, 5.41) is 0. The fraction of sp³-hybridized carbons (Fsp3) is 0.385. The number of likely N-dealkylation sites (N-methyl/N-ethyl adjacent to an activating group) is 2. The van der Waals surface area contributed by atoms with Crippen LogP contribution in [0.1, 0.15) is 24.0 Å². The molecule has 0 aromatic heterocycles. The van der Waals surface area contributed by atoms with Crippen LogP contribution in [0.5, 0.6) is 5.75 Å². The van der Waals surface area contributed by atoms with Crippen molar-refractivity contribution < 1.29 is 4.74 Å². The Bertz CT molecular complexity index is 893. The highest BCUT2D eigenvalue weighted by Gasteiger charge is 2.16. The Morgan fingerprint density at radius 3 is 2.45 bits per heavy atom. The molecule has 154 valence electrons. The molecule has 3 nitrogen and oxygen atoms in total. The first kappa shape index (κ1) is 21.4. The van der Waals surface area contributed by atoms with Gasteiger partial charge >= 0.3 is 0 Å². The minimum atomic E-state index is 0.678. The molecule has 0 fully saturated rings. The van der Waals surface area contributed by atoms with Crippen LogP contribution in [0.4, 0.5) is 0 Å². The Hall–Kier alpha value is -2.36. The van der Waals surface area contributed by atoms with Crippen LogP contribution in [0.3, 0.4) is 0 Å². The molecule has 1 aliphatic rings. The fourth-order valence-electron chi connectivity index (χ4n) is 3.80.